The number of hydrogen-bond acceptors (Lipinski definition) is 3. The third-order valence-electron chi connectivity index (χ3n) is 3.02. The van der Waals surface area contributed by atoms with Gasteiger partial charge in [0, 0.05) is 31.3 Å². The van der Waals surface area contributed by atoms with Crippen molar-refractivity contribution in [2.75, 3.05) is 0 Å². The zero-order chi connectivity index (χ0) is 13.9. The zero-order valence-electron chi connectivity index (χ0n) is 11.4. The molecule has 2 aromatic rings. The summed E-state index contributed by atoms with van der Waals surface area (Å²) < 4.78 is 1.96. The molecule has 2 rings (SSSR count). The molecule has 0 aliphatic rings. The standard InChI is InChI=1S/C13H19N5O/c1-13(2,3)10(8-18-7-6-14-9-18)17-12(19)11-15-4-5-16-11/h4-7,9-10H,8H2,1-3H3,(H,15,16)(H,17,19)/t10-/m1/s1. The van der Waals surface area contributed by atoms with Crippen LogP contribution >= 0.6 is 0 Å². The van der Waals surface area contributed by atoms with Crippen molar-refractivity contribution in [3.8, 4) is 0 Å². The van der Waals surface area contributed by atoms with Crippen molar-refractivity contribution in [3.63, 3.8) is 0 Å². The van der Waals surface area contributed by atoms with Crippen LogP contribution < -0.4 is 5.32 Å². The second-order valence-corrected chi connectivity index (χ2v) is 5.59. The molecule has 0 fully saturated rings. The number of aromatic nitrogens is 4. The van der Waals surface area contributed by atoms with Gasteiger partial charge in [-0.2, -0.15) is 0 Å². The molecule has 19 heavy (non-hydrogen) atoms. The van der Waals surface area contributed by atoms with E-state index in [9.17, 15) is 4.79 Å². The highest BCUT2D eigenvalue weighted by molar-refractivity contribution is 5.90. The van der Waals surface area contributed by atoms with Gasteiger partial charge in [0.1, 0.15) is 0 Å². The molecule has 0 aliphatic heterocycles. The molecule has 6 heteroatoms. The highest BCUT2D eigenvalue weighted by Crippen LogP contribution is 2.21. The SMILES string of the molecule is CC(C)(C)[C@@H](Cn1ccnc1)NC(=O)c1ncc[nH]1. The summed E-state index contributed by atoms with van der Waals surface area (Å²) >= 11 is 0. The van der Waals surface area contributed by atoms with E-state index in [1.54, 1.807) is 24.9 Å². The van der Waals surface area contributed by atoms with E-state index in [4.69, 9.17) is 0 Å². The number of aromatic amines is 1. The Bertz CT molecular complexity index is 510. The maximum Gasteiger partial charge on any atom is 0.287 e. The van der Waals surface area contributed by atoms with Gasteiger partial charge in [0.15, 0.2) is 5.82 Å². The van der Waals surface area contributed by atoms with Gasteiger partial charge in [0.2, 0.25) is 0 Å². The number of H-pyrrole nitrogens is 1. The predicted octanol–water partition coefficient (Wildman–Crippen LogP) is 1.45. The fraction of sp³-hybridized carbons (Fsp3) is 0.462. The molecule has 102 valence electrons. The number of carbonyl (C=O) groups excluding carboxylic acids is 1. The molecular weight excluding hydrogens is 242 g/mol. The van der Waals surface area contributed by atoms with Crippen molar-refractivity contribution in [2.24, 2.45) is 5.41 Å². The highest BCUT2D eigenvalue weighted by Gasteiger charge is 2.27. The Hall–Kier alpha value is -2.11. The summed E-state index contributed by atoms with van der Waals surface area (Å²) in [5.41, 5.74) is -0.0630. The highest BCUT2D eigenvalue weighted by atomic mass is 16.2. The van der Waals surface area contributed by atoms with Crippen molar-refractivity contribution >= 4 is 5.91 Å². The Morgan fingerprint density at radius 2 is 2.26 bits per heavy atom. The topological polar surface area (TPSA) is 75.6 Å². The van der Waals surface area contributed by atoms with Crippen LogP contribution in [0.5, 0.6) is 0 Å². The minimum absolute atomic E-state index is 0.0145. The fourth-order valence-electron chi connectivity index (χ4n) is 1.76. The maximum absolute atomic E-state index is 12.1. The first-order valence-electron chi connectivity index (χ1n) is 6.23. The molecule has 0 unspecified atom stereocenters. The molecule has 0 aromatic carbocycles. The van der Waals surface area contributed by atoms with Crippen LogP contribution in [0.4, 0.5) is 0 Å². The van der Waals surface area contributed by atoms with E-state index in [-0.39, 0.29) is 17.4 Å². The summed E-state index contributed by atoms with van der Waals surface area (Å²) in [6.45, 7) is 6.96. The lowest BCUT2D eigenvalue weighted by Crippen LogP contribution is -2.46. The minimum atomic E-state index is -0.190. The van der Waals surface area contributed by atoms with Crippen LogP contribution in [0.1, 0.15) is 31.4 Å². The van der Waals surface area contributed by atoms with Gasteiger partial charge in [-0.1, -0.05) is 20.8 Å². The van der Waals surface area contributed by atoms with E-state index in [2.05, 4.69) is 41.0 Å². The van der Waals surface area contributed by atoms with Crippen molar-refractivity contribution in [2.45, 2.75) is 33.4 Å². The van der Waals surface area contributed by atoms with Crippen molar-refractivity contribution in [1.29, 1.82) is 0 Å². The number of imidazole rings is 2. The largest absolute Gasteiger partial charge is 0.344 e. The predicted molar refractivity (Wildman–Crippen MR) is 71.5 cm³/mol. The fourth-order valence-corrected chi connectivity index (χ4v) is 1.76. The van der Waals surface area contributed by atoms with Crippen LogP contribution in [0.3, 0.4) is 0 Å². The van der Waals surface area contributed by atoms with Gasteiger partial charge in [-0.3, -0.25) is 4.79 Å². The van der Waals surface area contributed by atoms with E-state index < -0.39 is 0 Å². The molecule has 0 spiro atoms. The van der Waals surface area contributed by atoms with Crippen molar-refractivity contribution in [1.82, 2.24) is 24.8 Å². The van der Waals surface area contributed by atoms with Gasteiger partial charge in [0.05, 0.1) is 12.4 Å². The third-order valence-corrected chi connectivity index (χ3v) is 3.02. The van der Waals surface area contributed by atoms with E-state index in [1.807, 2.05) is 10.8 Å². The summed E-state index contributed by atoms with van der Waals surface area (Å²) in [4.78, 5) is 22.9. The minimum Gasteiger partial charge on any atom is -0.344 e. The molecule has 2 N–H and O–H groups in total. The normalized spacial score (nSPS) is 13.2. The zero-order valence-corrected chi connectivity index (χ0v) is 11.4. The number of carbonyl (C=O) groups is 1. The number of nitrogens with one attached hydrogen (secondary N) is 2. The maximum atomic E-state index is 12.1. The van der Waals surface area contributed by atoms with E-state index >= 15 is 0 Å². The van der Waals surface area contributed by atoms with Crippen molar-refractivity contribution in [3.05, 3.63) is 36.9 Å². The van der Waals surface area contributed by atoms with Crippen LogP contribution in [0.15, 0.2) is 31.1 Å². The molecule has 6 nitrogen and oxygen atoms in total. The molecular formula is C13H19N5O. The molecule has 0 aliphatic carbocycles. The van der Waals surface area contributed by atoms with Crippen LogP contribution in [-0.4, -0.2) is 31.5 Å². The average molecular weight is 261 g/mol. The summed E-state index contributed by atoms with van der Waals surface area (Å²) in [6.07, 6.45) is 8.57. The first-order chi connectivity index (χ1) is 8.97. The van der Waals surface area contributed by atoms with Crippen LogP contribution in [0, 0.1) is 5.41 Å². The van der Waals surface area contributed by atoms with E-state index in [1.165, 1.54) is 0 Å². The van der Waals surface area contributed by atoms with Crippen molar-refractivity contribution < 1.29 is 4.79 Å². The van der Waals surface area contributed by atoms with Crippen LogP contribution in [0.2, 0.25) is 0 Å². The molecule has 2 aromatic heterocycles. The third kappa shape index (κ3) is 3.43. The van der Waals surface area contributed by atoms with Gasteiger partial charge < -0.3 is 14.9 Å². The van der Waals surface area contributed by atoms with E-state index in [0.717, 1.165) is 0 Å². The lowest BCUT2D eigenvalue weighted by atomic mass is 9.86. The molecule has 1 amide bonds. The lowest BCUT2D eigenvalue weighted by molar-refractivity contribution is 0.0883. The first-order valence-corrected chi connectivity index (χ1v) is 6.23. The van der Waals surface area contributed by atoms with Crippen LogP contribution in [-0.2, 0) is 6.54 Å². The number of amides is 1. The van der Waals surface area contributed by atoms with Gasteiger partial charge in [-0.25, -0.2) is 9.97 Å². The summed E-state index contributed by atoms with van der Waals surface area (Å²) in [6, 6.07) is -0.0145. The molecule has 0 saturated heterocycles. The number of nitrogens with zero attached hydrogens (tertiary/aromatic N) is 3. The van der Waals surface area contributed by atoms with Gasteiger partial charge in [-0.15, -0.1) is 0 Å². The lowest BCUT2D eigenvalue weighted by Gasteiger charge is -2.31. The van der Waals surface area contributed by atoms with Gasteiger partial charge in [0.25, 0.3) is 5.91 Å². The monoisotopic (exact) mass is 261 g/mol. The average Bonchev–Trinajstić information content (AvgIpc) is 2.99. The van der Waals surface area contributed by atoms with E-state index in [0.29, 0.717) is 12.4 Å². The van der Waals surface area contributed by atoms with Gasteiger partial charge in [-0.05, 0) is 5.41 Å². The molecule has 0 radical (unpaired) electrons. The molecule has 2 heterocycles. The second kappa shape index (κ2) is 5.26. The summed E-state index contributed by atoms with van der Waals surface area (Å²) in [5, 5.41) is 3.02. The smallest absolute Gasteiger partial charge is 0.287 e. The summed E-state index contributed by atoms with van der Waals surface area (Å²) in [5.74, 6) is 0.143. The van der Waals surface area contributed by atoms with Gasteiger partial charge >= 0.3 is 0 Å². The molecule has 1 atom stereocenters. The Kier molecular flexibility index (Phi) is 3.69. The second-order valence-electron chi connectivity index (χ2n) is 5.59. The first kappa shape index (κ1) is 13.3. The number of rotatable bonds is 4. The molecule has 0 bridgehead atoms. The Morgan fingerprint density at radius 3 is 2.79 bits per heavy atom. The summed E-state index contributed by atoms with van der Waals surface area (Å²) in [7, 11) is 0. The number of hydrogen-bond donors (Lipinski definition) is 2. The Morgan fingerprint density at radius 1 is 1.47 bits per heavy atom. The molecule has 0 saturated carbocycles. The Balaban J connectivity index is 2.08. The quantitative estimate of drug-likeness (QED) is 0.874. The Labute approximate surface area is 112 Å². The van der Waals surface area contributed by atoms with Crippen LogP contribution in [0.25, 0.3) is 0 Å².